The van der Waals surface area contributed by atoms with Gasteiger partial charge in [-0.15, -0.1) is 11.8 Å². The molecule has 0 saturated carbocycles. The summed E-state index contributed by atoms with van der Waals surface area (Å²) >= 11 is 1.42. The number of sulfonamides is 1. The second-order valence-electron chi connectivity index (χ2n) is 4.92. The zero-order valence-electron chi connectivity index (χ0n) is 11.9. The number of thioether (sulfide) groups is 1. The molecule has 0 atom stereocenters. The summed E-state index contributed by atoms with van der Waals surface area (Å²) in [6, 6.07) is 5.07. The third-order valence-electron chi connectivity index (χ3n) is 3.19. The van der Waals surface area contributed by atoms with Crippen LogP contribution in [0.1, 0.15) is 11.4 Å². The van der Waals surface area contributed by atoms with Gasteiger partial charge in [0.1, 0.15) is 4.90 Å². The number of anilines is 2. The smallest absolute Gasteiger partial charge is 0.265 e. The number of benzene rings is 1. The monoisotopic (exact) mass is 338 g/mol. The fourth-order valence-electron chi connectivity index (χ4n) is 2.29. The van der Waals surface area contributed by atoms with Crippen molar-refractivity contribution in [2.24, 2.45) is 0 Å². The van der Waals surface area contributed by atoms with E-state index in [4.69, 9.17) is 0 Å². The largest absolute Gasteiger partial charge is 0.324 e. The lowest BCUT2D eigenvalue weighted by molar-refractivity contribution is -0.113. The first kappa shape index (κ1) is 14.9. The number of hydrogen-bond donors (Lipinski definition) is 3. The predicted octanol–water partition coefficient (Wildman–Crippen LogP) is 1.87. The van der Waals surface area contributed by atoms with Crippen LogP contribution in [0.25, 0.3) is 0 Å². The molecule has 3 rings (SSSR count). The maximum atomic E-state index is 12.5. The third kappa shape index (κ3) is 2.69. The van der Waals surface area contributed by atoms with Crippen LogP contribution in [0.15, 0.2) is 28.0 Å². The van der Waals surface area contributed by atoms with Crippen molar-refractivity contribution in [3.63, 3.8) is 0 Å². The molecule has 0 aliphatic carbocycles. The van der Waals surface area contributed by atoms with Gasteiger partial charge in [-0.05, 0) is 32.0 Å². The van der Waals surface area contributed by atoms with E-state index in [1.165, 1.54) is 11.8 Å². The van der Waals surface area contributed by atoms with Crippen LogP contribution < -0.4 is 10.0 Å². The molecule has 0 bridgehead atoms. The van der Waals surface area contributed by atoms with E-state index in [0.717, 1.165) is 4.90 Å². The average molecular weight is 338 g/mol. The Bertz CT molecular complexity index is 839. The second-order valence-corrected chi connectivity index (χ2v) is 7.55. The van der Waals surface area contributed by atoms with Gasteiger partial charge >= 0.3 is 0 Å². The number of carbonyl (C=O) groups is 1. The van der Waals surface area contributed by atoms with Gasteiger partial charge in [0.25, 0.3) is 10.0 Å². The molecule has 1 aromatic carbocycles. The molecule has 1 amide bonds. The molecule has 0 unspecified atom stereocenters. The van der Waals surface area contributed by atoms with Crippen LogP contribution in [0.5, 0.6) is 0 Å². The summed E-state index contributed by atoms with van der Waals surface area (Å²) in [5.74, 6) is 0.268. The molecule has 0 spiro atoms. The molecule has 116 valence electrons. The number of nitrogens with one attached hydrogen (secondary N) is 3. The van der Waals surface area contributed by atoms with Gasteiger partial charge < -0.3 is 5.32 Å². The molecule has 0 fully saturated rings. The van der Waals surface area contributed by atoms with Crippen molar-refractivity contribution in [3.8, 4) is 0 Å². The summed E-state index contributed by atoms with van der Waals surface area (Å²) < 4.78 is 27.5. The number of hydrogen-bond acceptors (Lipinski definition) is 5. The Morgan fingerprint density at radius 2 is 2.09 bits per heavy atom. The highest BCUT2D eigenvalue weighted by Gasteiger charge is 2.23. The molecule has 3 N–H and O–H groups in total. The molecule has 2 heterocycles. The van der Waals surface area contributed by atoms with Gasteiger partial charge in [0.2, 0.25) is 5.91 Å². The third-order valence-corrected chi connectivity index (χ3v) is 5.91. The highest BCUT2D eigenvalue weighted by molar-refractivity contribution is 8.00. The van der Waals surface area contributed by atoms with Crippen molar-refractivity contribution < 1.29 is 13.2 Å². The topological polar surface area (TPSA) is 104 Å². The Kier molecular flexibility index (Phi) is 3.61. The molecule has 0 radical (unpaired) electrons. The lowest BCUT2D eigenvalue weighted by Gasteiger charge is -2.17. The number of carbonyl (C=O) groups excluding carboxylic acids is 1. The van der Waals surface area contributed by atoms with E-state index in [-0.39, 0.29) is 10.8 Å². The maximum absolute atomic E-state index is 12.5. The summed E-state index contributed by atoms with van der Waals surface area (Å²) in [4.78, 5) is 12.5. The Morgan fingerprint density at radius 1 is 1.32 bits per heavy atom. The fourth-order valence-corrected chi connectivity index (χ4v) is 4.50. The number of aryl methyl sites for hydroxylation is 2. The van der Waals surface area contributed by atoms with Crippen molar-refractivity contribution >= 4 is 39.1 Å². The van der Waals surface area contributed by atoms with E-state index >= 15 is 0 Å². The summed E-state index contributed by atoms with van der Waals surface area (Å²) in [7, 11) is -3.73. The van der Waals surface area contributed by atoms with Crippen molar-refractivity contribution in [2.75, 3.05) is 15.8 Å². The number of nitrogens with zero attached hydrogens (tertiary/aromatic N) is 1. The highest BCUT2D eigenvalue weighted by atomic mass is 32.2. The van der Waals surface area contributed by atoms with E-state index in [2.05, 4.69) is 20.2 Å². The lowest BCUT2D eigenvalue weighted by Crippen LogP contribution is -2.19. The van der Waals surface area contributed by atoms with E-state index in [1.54, 1.807) is 32.0 Å². The first-order chi connectivity index (χ1) is 10.4. The summed E-state index contributed by atoms with van der Waals surface area (Å²) in [5.41, 5.74) is 1.89. The lowest BCUT2D eigenvalue weighted by atomic mass is 10.3. The average Bonchev–Trinajstić information content (AvgIpc) is 2.78. The molecule has 1 aliphatic heterocycles. The van der Waals surface area contributed by atoms with Gasteiger partial charge in [-0.2, -0.15) is 5.10 Å². The molecule has 0 saturated heterocycles. The Balaban J connectivity index is 1.93. The van der Waals surface area contributed by atoms with Crippen LogP contribution in [0, 0.1) is 13.8 Å². The normalized spacial score (nSPS) is 14.4. The maximum Gasteiger partial charge on any atom is 0.265 e. The molecule has 22 heavy (non-hydrogen) atoms. The Labute approximate surface area is 131 Å². The molecule has 1 aromatic heterocycles. The number of H-pyrrole nitrogens is 1. The number of rotatable bonds is 3. The van der Waals surface area contributed by atoms with E-state index in [9.17, 15) is 13.2 Å². The second kappa shape index (κ2) is 5.33. The van der Waals surface area contributed by atoms with Gasteiger partial charge in [0.15, 0.2) is 0 Å². The minimum atomic E-state index is -3.73. The van der Waals surface area contributed by atoms with Crippen LogP contribution in [-0.4, -0.2) is 30.3 Å². The molecule has 9 heteroatoms. The molecular weight excluding hydrogens is 324 g/mol. The Morgan fingerprint density at radius 3 is 2.77 bits per heavy atom. The minimum absolute atomic E-state index is 0.0981. The number of fused-ring (bicyclic) bond motifs is 1. The van der Waals surface area contributed by atoms with E-state index in [0.29, 0.717) is 28.5 Å². The van der Waals surface area contributed by atoms with Gasteiger partial charge in [-0.25, -0.2) is 8.42 Å². The van der Waals surface area contributed by atoms with Crippen LogP contribution in [0.2, 0.25) is 0 Å². The van der Waals surface area contributed by atoms with Gasteiger partial charge in [-0.3, -0.25) is 14.6 Å². The standard InChI is InChI=1S/C13H14N4O3S2/c1-7-13(8(2)16-15-7)22(19,20)17-9-3-4-11-10(5-9)14-12(18)6-21-11/h3-5,17H,6H2,1-2H3,(H,14,18)(H,15,16). The van der Waals surface area contributed by atoms with Crippen molar-refractivity contribution in [1.29, 1.82) is 0 Å². The molecule has 1 aliphatic rings. The van der Waals surface area contributed by atoms with Crippen molar-refractivity contribution in [3.05, 3.63) is 29.6 Å². The van der Waals surface area contributed by atoms with Gasteiger partial charge in [0, 0.05) is 4.90 Å². The zero-order valence-corrected chi connectivity index (χ0v) is 13.6. The first-order valence-corrected chi connectivity index (χ1v) is 8.95. The highest BCUT2D eigenvalue weighted by Crippen LogP contribution is 2.34. The summed E-state index contributed by atoms with van der Waals surface area (Å²) in [6.45, 7) is 3.28. The first-order valence-electron chi connectivity index (χ1n) is 6.48. The summed E-state index contributed by atoms with van der Waals surface area (Å²) in [5, 5.41) is 9.29. The van der Waals surface area contributed by atoms with Crippen LogP contribution >= 0.6 is 11.8 Å². The SMILES string of the molecule is Cc1n[nH]c(C)c1S(=O)(=O)Nc1ccc2c(c1)NC(=O)CS2. The van der Waals surface area contributed by atoms with Crippen molar-refractivity contribution in [1.82, 2.24) is 10.2 Å². The number of aromatic nitrogens is 2. The molecule has 7 nitrogen and oxygen atoms in total. The minimum Gasteiger partial charge on any atom is -0.324 e. The summed E-state index contributed by atoms with van der Waals surface area (Å²) in [6.07, 6.45) is 0. The molecule has 2 aromatic rings. The predicted molar refractivity (Wildman–Crippen MR) is 84.7 cm³/mol. The van der Waals surface area contributed by atoms with Crippen LogP contribution in [-0.2, 0) is 14.8 Å². The number of aromatic amines is 1. The quantitative estimate of drug-likeness (QED) is 0.792. The van der Waals surface area contributed by atoms with Gasteiger partial charge in [0.05, 0.1) is 28.5 Å². The fraction of sp³-hybridized carbons (Fsp3) is 0.231. The van der Waals surface area contributed by atoms with Crippen molar-refractivity contribution in [2.45, 2.75) is 23.6 Å². The van der Waals surface area contributed by atoms with Gasteiger partial charge in [-0.1, -0.05) is 0 Å². The number of amides is 1. The van der Waals surface area contributed by atoms with E-state index < -0.39 is 10.0 Å². The zero-order chi connectivity index (χ0) is 15.9. The Hall–Kier alpha value is -2.00. The van der Waals surface area contributed by atoms with Crippen LogP contribution in [0.4, 0.5) is 11.4 Å². The van der Waals surface area contributed by atoms with E-state index in [1.807, 2.05) is 0 Å². The van der Waals surface area contributed by atoms with Crippen LogP contribution in [0.3, 0.4) is 0 Å². The molecular formula is C13H14N4O3S2.